The third-order valence-electron chi connectivity index (χ3n) is 2.99. The third-order valence-corrected chi connectivity index (χ3v) is 3.61. The van der Waals surface area contributed by atoms with Gasteiger partial charge in [0.1, 0.15) is 17.4 Å². The number of halogens is 3. The van der Waals surface area contributed by atoms with Crippen LogP contribution in [0.15, 0.2) is 34.8 Å². The van der Waals surface area contributed by atoms with Crippen LogP contribution < -0.4 is 10.1 Å². The van der Waals surface area contributed by atoms with E-state index in [9.17, 15) is 8.78 Å². The van der Waals surface area contributed by atoms with Gasteiger partial charge in [0.15, 0.2) is 0 Å². The van der Waals surface area contributed by atoms with Gasteiger partial charge in [-0.3, -0.25) is 0 Å². The van der Waals surface area contributed by atoms with Crippen LogP contribution in [0.25, 0.3) is 11.1 Å². The van der Waals surface area contributed by atoms with E-state index in [0.717, 1.165) is 5.56 Å². The Morgan fingerprint density at radius 1 is 1.20 bits per heavy atom. The number of hydrogen-bond donors (Lipinski definition) is 1. The molecule has 0 heterocycles. The maximum Gasteiger partial charge on any atom is 0.148 e. The highest BCUT2D eigenvalue weighted by atomic mass is 79.9. The predicted octanol–water partition coefficient (Wildman–Crippen LogP) is 4.12. The molecule has 0 aliphatic rings. The molecule has 0 aliphatic carbocycles. The molecule has 0 saturated carbocycles. The molecule has 0 amide bonds. The zero-order valence-corrected chi connectivity index (χ0v) is 12.7. The maximum atomic E-state index is 14.2. The Labute approximate surface area is 124 Å². The van der Waals surface area contributed by atoms with Crippen LogP contribution in [0.4, 0.5) is 8.78 Å². The van der Waals surface area contributed by atoms with Gasteiger partial charge in [-0.1, -0.05) is 6.07 Å². The fourth-order valence-electron chi connectivity index (χ4n) is 2.05. The molecule has 2 rings (SSSR count). The summed E-state index contributed by atoms with van der Waals surface area (Å²) >= 11 is 3.09. The van der Waals surface area contributed by atoms with Gasteiger partial charge in [-0.2, -0.15) is 0 Å². The molecule has 0 bridgehead atoms. The lowest BCUT2D eigenvalue weighted by molar-refractivity contribution is 0.414. The minimum absolute atomic E-state index is 0.0349. The highest BCUT2D eigenvalue weighted by Crippen LogP contribution is 2.34. The van der Waals surface area contributed by atoms with Crippen LogP contribution in [-0.4, -0.2) is 14.2 Å². The number of nitrogens with one attached hydrogen (secondary N) is 1. The zero-order chi connectivity index (χ0) is 14.7. The lowest BCUT2D eigenvalue weighted by atomic mass is 9.98. The Morgan fingerprint density at radius 2 is 1.95 bits per heavy atom. The van der Waals surface area contributed by atoms with E-state index < -0.39 is 11.6 Å². The van der Waals surface area contributed by atoms with Gasteiger partial charge in [-0.15, -0.1) is 0 Å². The Bertz CT molecular complexity index is 632. The normalized spacial score (nSPS) is 10.7. The van der Waals surface area contributed by atoms with E-state index >= 15 is 0 Å². The highest BCUT2D eigenvalue weighted by Gasteiger charge is 2.17. The highest BCUT2D eigenvalue weighted by molar-refractivity contribution is 9.10. The van der Waals surface area contributed by atoms with Gasteiger partial charge >= 0.3 is 0 Å². The Hall–Kier alpha value is -1.46. The van der Waals surface area contributed by atoms with Crippen molar-refractivity contribution in [3.63, 3.8) is 0 Å². The first-order valence-electron chi connectivity index (χ1n) is 6.04. The average Bonchev–Trinajstić information content (AvgIpc) is 2.45. The van der Waals surface area contributed by atoms with Crippen molar-refractivity contribution in [1.29, 1.82) is 0 Å². The minimum Gasteiger partial charge on any atom is -0.497 e. The second-order valence-electron chi connectivity index (χ2n) is 4.27. The first-order valence-corrected chi connectivity index (χ1v) is 6.83. The van der Waals surface area contributed by atoms with Crippen LogP contribution in [0.1, 0.15) is 5.56 Å². The summed E-state index contributed by atoms with van der Waals surface area (Å²) in [6.07, 6.45) is 0. The second-order valence-corrected chi connectivity index (χ2v) is 5.13. The fraction of sp³-hybridized carbons (Fsp3) is 0.200. The smallest absolute Gasteiger partial charge is 0.148 e. The molecule has 0 aromatic heterocycles. The maximum absolute atomic E-state index is 14.2. The molecule has 20 heavy (non-hydrogen) atoms. The molecular weight excluding hydrogens is 328 g/mol. The van der Waals surface area contributed by atoms with Crippen molar-refractivity contribution in [2.75, 3.05) is 14.2 Å². The monoisotopic (exact) mass is 341 g/mol. The second kappa shape index (κ2) is 6.33. The SMILES string of the molecule is CNCc1cc(OC)ccc1-c1c(F)ccc(Br)c1F. The Kier molecular flexibility index (Phi) is 4.73. The summed E-state index contributed by atoms with van der Waals surface area (Å²) in [5, 5.41) is 2.99. The van der Waals surface area contributed by atoms with Gasteiger partial charge in [0.2, 0.25) is 0 Å². The van der Waals surface area contributed by atoms with Crippen molar-refractivity contribution < 1.29 is 13.5 Å². The summed E-state index contributed by atoms with van der Waals surface area (Å²) < 4.78 is 33.6. The number of ether oxygens (including phenoxy) is 1. The molecule has 0 fully saturated rings. The number of methoxy groups -OCH3 is 1. The molecule has 0 unspecified atom stereocenters. The van der Waals surface area contributed by atoms with E-state index in [1.54, 1.807) is 32.4 Å². The van der Waals surface area contributed by atoms with Crippen LogP contribution in [0, 0.1) is 11.6 Å². The summed E-state index contributed by atoms with van der Waals surface area (Å²) in [6.45, 7) is 0.484. The number of hydrogen-bond acceptors (Lipinski definition) is 2. The third kappa shape index (κ3) is 2.83. The molecule has 0 aliphatic heterocycles. The molecule has 0 saturated heterocycles. The van der Waals surface area contributed by atoms with Gasteiger partial charge in [-0.05, 0) is 58.4 Å². The molecule has 2 aromatic carbocycles. The van der Waals surface area contributed by atoms with Crippen molar-refractivity contribution in [1.82, 2.24) is 5.32 Å². The van der Waals surface area contributed by atoms with E-state index in [0.29, 0.717) is 17.9 Å². The van der Waals surface area contributed by atoms with Gasteiger partial charge in [0.05, 0.1) is 17.1 Å². The molecule has 1 N–H and O–H groups in total. The standard InChI is InChI=1S/C15H14BrF2NO/c1-19-8-9-7-10(20-2)3-4-11(9)14-13(17)6-5-12(16)15(14)18/h3-7,19H,8H2,1-2H3. The molecule has 0 atom stereocenters. The molecule has 0 spiro atoms. The average molecular weight is 342 g/mol. The number of rotatable bonds is 4. The Balaban J connectivity index is 2.66. The summed E-state index contributed by atoms with van der Waals surface area (Å²) in [5.41, 5.74) is 1.24. The molecule has 106 valence electrons. The van der Waals surface area contributed by atoms with Crippen molar-refractivity contribution in [2.24, 2.45) is 0 Å². The molecule has 2 nitrogen and oxygen atoms in total. The van der Waals surface area contributed by atoms with Crippen molar-refractivity contribution >= 4 is 15.9 Å². The fourth-order valence-corrected chi connectivity index (χ4v) is 2.38. The first kappa shape index (κ1) is 14.9. The van der Waals surface area contributed by atoms with Gasteiger partial charge < -0.3 is 10.1 Å². The quantitative estimate of drug-likeness (QED) is 0.844. The molecular formula is C15H14BrF2NO. The van der Waals surface area contributed by atoms with E-state index in [2.05, 4.69) is 21.2 Å². The summed E-state index contributed by atoms with van der Waals surface area (Å²) in [7, 11) is 3.33. The summed E-state index contributed by atoms with van der Waals surface area (Å²) in [4.78, 5) is 0. The van der Waals surface area contributed by atoms with Crippen molar-refractivity contribution in [2.45, 2.75) is 6.54 Å². The lowest BCUT2D eigenvalue weighted by Crippen LogP contribution is -2.07. The molecule has 5 heteroatoms. The van der Waals surface area contributed by atoms with Crippen molar-refractivity contribution in [3.8, 4) is 16.9 Å². The van der Waals surface area contributed by atoms with E-state index in [4.69, 9.17) is 4.74 Å². The summed E-state index contributed by atoms with van der Waals surface area (Å²) in [6, 6.07) is 7.73. The van der Waals surface area contributed by atoms with E-state index in [1.165, 1.54) is 12.1 Å². The molecule has 2 aromatic rings. The first-order chi connectivity index (χ1) is 9.58. The van der Waals surface area contributed by atoms with Crippen LogP contribution in [0.3, 0.4) is 0 Å². The zero-order valence-electron chi connectivity index (χ0n) is 11.1. The van der Waals surface area contributed by atoms with Gasteiger partial charge in [-0.25, -0.2) is 8.78 Å². The van der Waals surface area contributed by atoms with E-state index in [1.807, 2.05) is 0 Å². The number of benzene rings is 2. The molecule has 0 radical (unpaired) electrons. The van der Waals surface area contributed by atoms with Gasteiger partial charge in [0.25, 0.3) is 0 Å². The van der Waals surface area contributed by atoms with Crippen LogP contribution in [0.5, 0.6) is 5.75 Å². The predicted molar refractivity (Wildman–Crippen MR) is 78.8 cm³/mol. The summed E-state index contributed by atoms with van der Waals surface area (Å²) in [5.74, 6) is -0.546. The topological polar surface area (TPSA) is 21.3 Å². The van der Waals surface area contributed by atoms with Crippen LogP contribution in [-0.2, 0) is 6.54 Å². The van der Waals surface area contributed by atoms with Crippen LogP contribution in [0.2, 0.25) is 0 Å². The largest absolute Gasteiger partial charge is 0.497 e. The van der Waals surface area contributed by atoms with Crippen LogP contribution >= 0.6 is 15.9 Å². The van der Waals surface area contributed by atoms with Gasteiger partial charge in [0, 0.05) is 6.54 Å². The minimum atomic E-state index is -0.604. The Morgan fingerprint density at radius 3 is 2.60 bits per heavy atom. The lowest BCUT2D eigenvalue weighted by Gasteiger charge is -2.13. The van der Waals surface area contributed by atoms with E-state index in [-0.39, 0.29) is 10.0 Å². The van der Waals surface area contributed by atoms with Crippen molar-refractivity contribution in [3.05, 3.63) is 52.0 Å².